The summed E-state index contributed by atoms with van der Waals surface area (Å²) in [6.45, 7) is 4.61. The number of morpholine rings is 1. The van der Waals surface area contributed by atoms with E-state index in [9.17, 15) is 4.79 Å². The van der Waals surface area contributed by atoms with Crippen LogP contribution in [0.1, 0.15) is 15.2 Å². The molecule has 192 valence electrons. The Morgan fingerprint density at radius 2 is 1.82 bits per heavy atom. The maximum absolute atomic E-state index is 13.3. The average molecular weight is 548 g/mol. The number of fused-ring (bicyclic) bond motifs is 1. The van der Waals surface area contributed by atoms with E-state index < -0.39 is 5.91 Å². The van der Waals surface area contributed by atoms with Crippen molar-refractivity contribution in [1.29, 1.82) is 0 Å². The van der Waals surface area contributed by atoms with Gasteiger partial charge < -0.3 is 10.5 Å². The van der Waals surface area contributed by atoms with Crippen molar-refractivity contribution in [2.75, 3.05) is 42.4 Å². The predicted molar refractivity (Wildman–Crippen MR) is 148 cm³/mol. The Morgan fingerprint density at radius 3 is 2.55 bits per heavy atom. The minimum Gasteiger partial charge on any atom is -0.397 e. The molecule has 0 aliphatic carbocycles. The highest BCUT2D eigenvalue weighted by molar-refractivity contribution is 7.21. The maximum Gasteiger partial charge on any atom is 0.306 e. The van der Waals surface area contributed by atoms with Gasteiger partial charge in [-0.05, 0) is 36.2 Å². The second kappa shape index (κ2) is 10.1. The summed E-state index contributed by atoms with van der Waals surface area (Å²) < 4.78 is 10.7. The van der Waals surface area contributed by atoms with Gasteiger partial charge in [0.1, 0.15) is 9.71 Å². The highest BCUT2D eigenvalue weighted by atomic mass is 35.5. The molecular weight excluding hydrogens is 524 g/mol. The molecule has 38 heavy (non-hydrogen) atoms. The number of amides is 1. The summed E-state index contributed by atoms with van der Waals surface area (Å²) >= 11 is 7.35. The molecule has 1 aliphatic heterocycles. The lowest BCUT2D eigenvalue weighted by atomic mass is 9.99. The zero-order chi connectivity index (χ0) is 26.2. The van der Waals surface area contributed by atoms with Gasteiger partial charge in [-0.25, -0.2) is 4.98 Å². The number of nitrogens with two attached hydrogens (primary N) is 1. The van der Waals surface area contributed by atoms with Crippen molar-refractivity contribution >= 4 is 50.6 Å². The summed E-state index contributed by atoms with van der Waals surface area (Å²) in [6.07, 6.45) is 1.63. The molecule has 4 heterocycles. The lowest BCUT2D eigenvalue weighted by Gasteiger charge is -2.18. The third kappa shape index (κ3) is 4.69. The first kappa shape index (κ1) is 24.4. The number of carbonyl (C=O) groups excluding carboxylic acids is 1. The van der Waals surface area contributed by atoms with E-state index in [4.69, 9.17) is 31.6 Å². The lowest BCUT2D eigenvalue weighted by molar-refractivity contribution is -0.759. The Labute approximate surface area is 227 Å². The molecule has 2 aromatic carbocycles. The number of nitrogens with zero attached hydrogens (tertiary/aromatic N) is 4. The number of aryl methyl sites for hydroxylation is 1. The van der Waals surface area contributed by atoms with Gasteiger partial charge in [-0.1, -0.05) is 53.6 Å². The van der Waals surface area contributed by atoms with E-state index in [0.717, 1.165) is 33.3 Å². The molecule has 3 aromatic heterocycles. The van der Waals surface area contributed by atoms with Gasteiger partial charge in [-0.3, -0.25) is 14.6 Å². The molecule has 0 saturated carbocycles. The molecule has 1 aliphatic rings. The number of benzene rings is 2. The van der Waals surface area contributed by atoms with Gasteiger partial charge in [-0.15, -0.1) is 16.3 Å². The van der Waals surface area contributed by atoms with E-state index >= 15 is 0 Å². The summed E-state index contributed by atoms with van der Waals surface area (Å²) in [5, 5.41) is 10.1. The largest absolute Gasteiger partial charge is 0.397 e. The Bertz CT molecular complexity index is 1630. The van der Waals surface area contributed by atoms with Crippen LogP contribution in [-0.4, -0.2) is 42.5 Å². The van der Waals surface area contributed by atoms with E-state index in [2.05, 4.69) is 10.6 Å². The number of ether oxygens (including phenoxy) is 1. The minimum atomic E-state index is -0.390. The second-order valence-electron chi connectivity index (χ2n) is 8.96. The molecule has 3 N–H and O–H groups in total. The smallest absolute Gasteiger partial charge is 0.306 e. The van der Waals surface area contributed by atoms with Crippen LogP contribution in [-0.2, 0) is 4.74 Å². The molecular formula is C27H24ClN6O3S+. The van der Waals surface area contributed by atoms with E-state index in [1.807, 2.05) is 66.5 Å². The molecule has 1 saturated heterocycles. The number of rotatable bonds is 5. The van der Waals surface area contributed by atoms with Crippen LogP contribution in [0.5, 0.6) is 0 Å². The Kier molecular flexibility index (Phi) is 6.44. The van der Waals surface area contributed by atoms with Gasteiger partial charge in [-0.2, -0.15) is 0 Å². The highest BCUT2D eigenvalue weighted by Crippen LogP contribution is 2.41. The predicted octanol–water partition coefficient (Wildman–Crippen LogP) is 4.67. The number of nitrogen functional groups attached to an aromatic ring is 1. The minimum absolute atomic E-state index is 0.215. The lowest BCUT2D eigenvalue weighted by Crippen LogP contribution is -2.62. The number of aromatic nitrogens is 3. The first-order chi connectivity index (χ1) is 18.5. The topological polar surface area (TPSA) is 110 Å². The van der Waals surface area contributed by atoms with E-state index in [0.29, 0.717) is 46.7 Å². The van der Waals surface area contributed by atoms with E-state index in [-0.39, 0.29) is 5.88 Å². The summed E-state index contributed by atoms with van der Waals surface area (Å²) in [4.78, 5) is 20.8. The monoisotopic (exact) mass is 547 g/mol. The number of hydrogen-bond donors (Lipinski definition) is 2. The van der Waals surface area contributed by atoms with Gasteiger partial charge in [0.05, 0.1) is 42.5 Å². The third-order valence-electron chi connectivity index (χ3n) is 6.38. The summed E-state index contributed by atoms with van der Waals surface area (Å²) in [6, 6.07) is 17.7. The van der Waals surface area contributed by atoms with Gasteiger partial charge in [0.25, 0.3) is 12.1 Å². The molecule has 0 radical (unpaired) electrons. The zero-order valence-corrected chi connectivity index (χ0v) is 22.1. The number of nitrogens with one attached hydrogen (secondary N) is 1. The molecule has 11 heteroatoms. The van der Waals surface area contributed by atoms with Crippen LogP contribution in [0.2, 0.25) is 5.02 Å². The van der Waals surface area contributed by atoms with Crippen LogP contribution in [0.15, 0.2) is 65.3 Å². The number of carbonyl (C=O) groups is 1. The van der Waals surface area contributed by atoms with Crippen LogP contribution in [0.25, 0.3) is 32.6 Å². The molecule has 1 fully saturated rings. The van der Waals surface area contributed by atoms with Gasteiger partial charge in [0.2, 0.25) is 5.27 Å². The molecule has 1 amide bonds. The van der Waals surface area contributed by atoms with Gasteiger partial charge >= 0.3 is 5.88 Å². The molecule has 6 rings (SSSR count). The van der Waals surface area contributed by atoms with Crippen LogP contribution in [0.3, 0.4) is 0 Å². The normalized spacial score (nSPS) is 13.7. The highest BCUT2D eigenvalue weighted by Gasteiger charge is 2.26. The van der Waals surface area contributed by atoms with Crippen LogP contribution < -0.4 is 20.9 Å². The summed E-state index contributed by atoms with van der Waals surface area (Å²) in [5.74, 6) is -0.175. The fourth-order valence-corrected chi connectivity index (χ4v) is 5.51. The summed E-state index contributed by atoms with van der Waals surface area (Å²) in [5.41, 5.74) is 11.7. The van der Waals surface area contributed by atoms with Crippen molar-refractivity contribution < 1.29 is 18.8 Å². The zero-order valence-electron chi connectivity index (χ0n) is 20.5. The Morgan fingerprint density at radius 1 is 1.11 bits per heavy atom. The number of thiophene rings is 1. The van der Waals surface area contributed by atoms with E-state index in [1.165, 1.54) is 11.3 Å². The quantitative estimate of drug-likeness (QED) is 0.308. The van der Waals surface area contributed by atoms with E-state index in [1.54, 1.807) is 11.0 Å². The third-order valence-corrected chi connectivity index (χ3v) is 7.73. The van der Waals surface area contributed by atoms with Gasteiger partial charge in [0, 0.05) is 16.0 Å². The maximum atomic E-state index is 13.3. The molecule has 0 bridgehead atoms. The number of pyridine rings is 1. The SMILES string of the molecule is Cc1ccc(-c2cc(-c3ccc(Cl)cc3)nc3sc(C(=O)Nc4c[n+](N5CCOCC5)no4)c(N)c23)cc1. The van der Waals surface area contributed by atoms with Crippen molar-refractivity contribution in [2.24, 2.45) is 0 Å². The second-order valence-corrected chi connectivity index (χ2v) is 10.4. The number of anilines is 2. The molecule has 9 nitrogen and oxygen atoms in total. The first-order valence-corrected chi connectivity index (χ1v) is 13.2. The Balaban J connectivity index is 1.39. The van der Waals surface area contributed by atoms with Crippen molar-refractivity contribution in [3.8, 4) is 22.4 Å². The Hall–Kier alpha value is -3.99. The standard InChI is InChI=1S/C27H23ClN6O3S/c1-16-2-4-17(5-3-16)20-14-21(18-6-8-19(28)9-7-18)30-27-23(20)24(29)25(38-27)26(35)31-22-15-34(32-37-22)33-10-12-36-13-11-33/h2-9,14-15H,10-13H2,1H3,(H2-,29,31,32,35)/p+1. The van der Waals surface area contributed by atoms with Crippen molar-refractivity contribution in [3.63, 3.8) is 0 Å². The van der Waals surface area contributed by atoms with Crippen molar-refractivity contribution in [1.82, 2.24) is 10.3 Å². The summed E-state index contributed by atoms with van der Waals surface area (Å²) in [7, 11) is 0. The molecule has 5 aromatic rings. The fourth-order valence-electron chi connectivity index (χ4n) is 4.37. The van der Waals surface area contributed by atoms with Crippen LogP contribution in [0, 0.1) is 6.92 Å². The molecule has 0 atom stereocenters. The first-order valence-electron chi connectivity index (χ1n) is 12.1. The van der Waals surface area contributed by atoms with Gasteiger partial charge in [0.15, 0.2) is 0 Å². The van der Waals surface area contributed by atoms with Crippen LogP contribution >= 0.6 is 22.9 Å². The number of halogens is 1. The fraction of sp³-hybridized carbons (Fsp3) is 0.185. The van der Waals surface area contributed by atoms with Crippen molar-refractivity contribution in [2.45, 2.75) is 6.92 Å². The average Bonchev–Trinajstić information content (AvgIpc) is 3.54. The molecule has 0 unspecified atom stereocenters. The molecule has 0 spiro atoms. The van der Waals surface area contributed by atoms with Crippen LogP contribution in [0.4, 0.5) is 11.6 Å². The number of hydrogen-bond acceptors (Lipinski definition) is 8. The van der Waals surface area contributed by atoms with Crippen molar-refractivity contribution in [3.05, 3.63) is 76.3 Å².